The summed E-state index contributed by atoms with van der Waals surface area (Å²) in [4.78, 5) is 3.34. The molecular formula is C15H20N2. The zero-order valence-corrected chi connectivity index (χ0v) is 10.4. The van der Waals surface area contributed by atoms with Gasteiger partial charge in [-0.05, 0) is 49.7 Å². The molecule has 1 saturated carbocycles. The summed E-state index contributed by atoms with van der Waals surface area (Å²) in [7, 11) is 0. The van der Waals surface area contributed by atoms with Gasteiger partial charge in [-0.15, -0.1) is 0 Å². The van der Waals surface area contributed by atoms with Crippen molar-refractivity contribution in [3.05, 3.63) is 36.0 Å². The first-order chi connectivity index (χ1) is 8.21. The van der Waals surface area contributed by atoms with Gasteiger partial charge in [0.15, 0.2) is 0 Å². The lowest BCUT2D eigenvalue weighted by Crippen LogP contribution is -2.28. The highest BCUT2D eigenvalue weighted by atomic mass is 14.7. The summed E-state index contributed by atoms with van der Waals surface area (Å²) < 4.78 is 0. The van der Waals surface area contributed by atoms with Crippen molar-refractivity contribution in [1.82, 2.24) is 4.98 Å². The predicted molar refractivity (Wildman–Crippen MR) is 71.9 cm³/mol. The minimum atomic E-state index is 0.340. The van der Waals surface area contributed by atoms with E-state index in [9.17, 15) is 0 Å². The molecule has 0 spiro atoms. The molecule has 0 aliphatic heterocycles. The second-order valence-electron chi connectivity index (χ2n) is 5.51. The quantitative estimate of drug-likeness (QED) is 0.829. The third-order valence-corrected chi connectivity index (χ3v) is 4.43. The molecule has 2 nitrogen and oxygen atoms in total. The molecule has 0 saturated heterocycles. The summed E-state index contributed by atoms with van der Waals surface area (Å²) in [5.41, 5.74) is 9.20. The van der Waals surface area contributed by atoms with Gasteiger partial charge in [-0.3, -0.25) is 0 Å². The van der Waals surface area contributed by atoms with Crippen LogP contribution in [0.1, 0.15) is 31.7 Å². The molecule has 1 aromatic heterocycles. The van der Waals surface area contributed by atoms with Gasteiger partial charge < -0.3 is 10.7 Å². The van der Waals surface area contributed by atoms with Gasteiger partial charge in [-0.25, -0.2) is 0 Å². The Morgan fingerprint density at radius 2 is 2.12 bits per heavy atom. The van der Waals surface area contributed by atoms with Crippen LogP contribution in [0, 0.1) is 5.41 Å². The van der Waals surface area contributed by atoms with E-state index in [4.69, 9.17) is 5.73 Å². The number of fused-ring (bicyclic) bond motifs is 1. The maximum absolute atomic E-state index is 6.08. The van der Waals surface area contributed by atoms with E-state index in [-0.39, 0.29) is 0 Å². The van der Waals surface area contributed by atoms with E-state index in [1.165, 1.54) is 35.7 Å². The molecule has 1 aliphatic rings. The predicted octanol–water partition coefficient (Wildman–Crippen LogP) is 3.23. The van der Waals surface area contributed by atoms with Crippen LogP contribution in [-0.4, -0.2) is 11.0 Å². The highest BCUT2D eigenvalue weighted by molar-refractivity contribution is 5.83. The number of aryl methyl sites for hydroxylation is 1. The van der Waals surface area contributed by atoms with Crippen LogP contribution in [0.4, 0.5) is 0 Å². The number of para-hydroxylation sites is 1. The zero-order valence-electron chi connectivity index (χ0n) is 10.4. The highest BCUT2D eigenvalue weighted by Gasteiger charge is 2.45. The molecule has 3 rings (SSSR count). The van der Waals surface area contributed by atoms with Crippen molar-refractivity contribution in [3.8, 4) is 0 Å². The van der Waals surface area contributed by atoms with Crippen LogP contribution in [0.2, 0.25) is 0 Å². The van der Waals surface area contributed by atoms with E-state index >= 15 is 0 Å². The molecule has 17 heavy (non-hydrogen) atoms. The molecule has 1 aromatic carbocycles. The van der Waals surface area contributed by atoms with Gasteiger partial charge in [0, 0.05) is 23.1 Å². The topological polar surface area (TPSA) is 41.8 Å². The first kappa shape index (κ1) is 10.8. The van der Waals surface area contributed by atoms with Crippen molar-refractivity contribution in [3.63, 3.8) is 0 Å². The van der Waals surface area contributed by atoms with E-state index in [0.717, 1.165) is 6.42 Å². The van der Waals surface area contributed by atoms with Crippen LogP contribution < -0.4 is 5.73 Å². The van der Waals surface area contributed by atoms with E-state index in [1.807, 2.05) is 0 Å². The SMILES string of the molecule is CC(N)C1(CCc2c[nH]c3ccccc23)CC1. The molecule has 90 valence electrons. The van der Waals surface area contributed by atoms with Crippen molar-refractivity contribution in [1.29, 1.82) is 0 Å². The van der Waals surface area contributed by atoms with Gasteiger partial charge in [0.2, 0.25) is 0 Å². The van der Waals surface area contributed by atoms with Gasteiger partial charge >= 0.3 is 0 Å². The standard InChI is InChI=1S/C15H20N2/c1-11(16)15(8-9-15)7-6-12-10-17-14-5-3-2-4-13(12)14/h2-5,10-11,17H,6-9,16H2,1H3. The van der Waals surface area contributed by atoms with E-state index in [0.29, 0.717) is 11.5 Å². The maximum Gasteiger partial charge on any atom is 0.0456 e. The van der Waals surface area contributed by atoms with Gasteiger partial charge in [-0.2, -0.15) is 0 Å². The van der Waals surface area contributed by atoms with E-state index in [1.54, 1.807) is 0 Å². The Bertz CT molecular complexity index is 520. The number of benzene rings is 1. The van der Waals surface area contributed by atoms with Gasteiger partial charge in [-0.1, -0.05) is 18.2 Å². The van der Waals surface area contributed by atoms with Crippen LogP contribution in [0.25, 0.3) is 10.9 Å². The number of rotatable bonds is 4. The Morgan fingerprint density at radius 1 is 1.35 bits per heavy atom. The minimum Gasteiger partial charge on any atom is -0.361 e. The molecule has 1 fully saturated rings. The highest BCUT2D eigenvalue weighted by Crippen LogP contribution is 2.51. The summed E-state index contributed by atoms with van der Waals surface area (Å²) >= 11 is 0. The number of hydrogen-bond acceptors (Lipinski definition) is 1. The van der Waals surface area contributed by atoms with Crippen LogP contribution >= 0.6 is 0 Å². The van der Waals surface area contributed by atoms with Crippen molar-refractivity contribution in [2.24, 2.45) is 11.1 Å². The smallest absolute Gasteiger partial charge is 0.0456 e. The van der Waals surface area contributed by atoms with E-state index < -0.39 is 0 Å². The Hall–Kier alpha value is -1.28. The van der Waals surface area contributed by atoms with Gasteiger partial charge in [0.25, 0.3) is 0 Å². The van der Waals surface area contributed by atoms with Gasteiger partial charge in [0.1, 0.15) is 0 Å². The fraction of sp³-hybridized carbons (Fsp3) is 0.467. The maximum atomic E-state index is 6.08. The van der Waals surface area contributed by atoms with Crippen LogP contribution in [0.15, 0.2) is 30.5 Å². The molecule has 0 radical (unpaired) electrons. The number of aromatic amines is 1. The summed E-state index contributed by atoms with van der Waals surface area (Å²) in [5, 5.41) is 1.37. The van der Waals surface area contributed by atoms with Crippen molar-refractivity contribution in [2.75, 3.05) is 0 Å². The lowest BCUT2D eigenvalue weighted by molar-refractivity contribution is 0.391. The molecule has 1 aliphatic carbocycles. The number of nitrogens with one attached hydrogen (secondary N) is 1. The number of H-pyrrole nitrogens is 1. The average Bonchev–Trinajstić information content (AvgIpc) is 3.02. The summed E-state index contributed by atoms with van der Waals surface area (Å²) in [6.45, 7) is 2.15. The largest absolute Gasteiger partial charge is 0.361 e. The lowest BCUT2D eigenvalue weighted by atomic mass is 9.91. The molecule has 0 bridgehead atoms. The molecule has 2 aromatic rings. The van der Waals surface area contributed by atoms with Crippen LogP contribution in [0.5, 0.6) is 0 Å². The Kier molecular flexibility index (Phi) is 2.48. The van der Waals surface area contributed by atoms with Crippen LogP contribution in [0.3, 0.4) is 0 Å². The number of hydrogen-bond donors (Lipinski definition) is 2. The van der Waals surface area contributed by atoms with Crippen LogP contribution in [-0.2, 0) is 6.42 Å². The second kappa shape index (κ2) is 3.88. The zero-order chi connectivity index (χ0) is 11.9. The first-order valence-corrected chi connectivity index (χ1v) is 6.52. The number of nitrogens with two attached hydrogens (primary N) is 1. The van der Waals surface area contributed by atoms with E-state index in [2.05, 4.69) is 42.4 Å². The monoisotopic (exact) mass is 228 g/mol. The fourth-order valence-electron chi connectivity index (χ4n) is 2.82. The third kappa shape index (κ3) is 1.87. The fourth-order valence-corrected chi connectivity index (χ4v) is 2.82. The van der Waals surface area contributed by atoms with Gasteiger partial charge in [0.05, 0.1) is 0 Å². The summed E-state index contributed by atoms with van der Waals surface area (Å²) in [6.07, 6.45) is 7.15. The molecule has 3 N–H and O–H groups in total. The summed E-state index contributed by atoms with van der Waals surface area (Å²) in [5.74, 6) is 0. The second-order valence-corrected chi connectivity index (χ2v) is 5.51. The van der Waals surface area contributed by atoms with Crippen molar-refractivity contribution < 1.29 is 0 Å². The minimum absolute atomic E-state index is 0.340. The summed E-state index contributed by atoms with van der Waals surface area (Å²) in [6, 6.07) is 8.86. The lowest BCUT2D eigenvalue weighted by Gasteiger charge is -2.18. The first-order valence-electron chi connectivity index (χ1n) is 6.52. The van der Waals surface area contributed by atoms with Crippen molar-refractivity contribution in [2.45, 2.75) is 38.6 Å². The molecule has 2 heteroatoms. The Morgan fingerprint density at radius 3 is 2.82 bits per heavy atom. The number of aromatic nitrogens is 1. The Labute approximate surface area is 102 Å². The Balaban J connectivity index is 1.77. The van der Waals surface area contributed by atoms with Crippen molar-refractivity contribution >= 4 is 10.9 Å². The normalized spacial score (nSPS) is 19.4. The molecule has 1 heterocycles. The molecule has 1 unspecified atom stereocenters. The molecular weight excluding hydrogens is 208 g/mol. The third-order valence-electron chi connectivity index (χ3n) is 4.43. The average molecular weight is 228 g/mol. The molecule has 1 atom stereocenters. The molecule has 0 amide bonds.